The summed E-state index contributed by atoms with van der Waals surface area (Å²) < 4.78 is 5.35. The second-order valence-corrected chi connectivity index (χ2v) is 12.7. The molecule has 3 fully saturated rings. The van der Waals surface area contributed by atoms with Crippen LogP contribution in [-0.4, -0.2) is 72.1 Å². The van der Waals surface area contributed by atoms with E-state index < -0.39 is 74.3 Å². The number of anilines is 1. The smallest absolute Gasteiger partial charge is 0.339 e. The van der Waals surface area contributed by atoms with E-state index in [-0.39, 0.29) is 35.3 Å². The predicted molar refractivity (Wildman–Crippen MR) is 156 cm³/mol. The van der Waals surface area contributed by atoms with Crippen molar-refractivity contribution in [3.8, 4) is 17.2 Å². The summed E-state index contributed by atoms with van der Waals surface area (Å²) in [5.41, 5.74) is 0.0213. The molecule has 0 aromatic heterocycles. The summed E-state index contributed by atoms with van der Waals surface area (Å²) in [6, 6.07) is 7.74. The second kappa shape index (κ2) is 9.96. The number of methoxy groups -OCH3 is 1. The van der Waals surface area contributed by atoms with Crippen molar-refractivity contribution in [3.05, 3.63) is 59.2 Å². The number of benzene rings is 2. The van der Waals surface area contributed by atoms with Gasteiger partial charge in [-0.3, -0.25) is 24.1 Å². The summed E-state index contributed by atoms with van der Waals surface area (Å²) >= 11 is 17.5. The van der Waals surface area contributed by atoms with Crippen LogP contribution in [0.15, 0.2) is 48.0 Å². The highest BCUT2D eigenvalue weighted by atomic mass is 79.9. The van der Waals surface area contributed by atoms with Crippen molar-refractivity contribution in [1.82, 2.24) is 4.90 Å². The zero-order valence-electron chi connectivity index (χ0n) is 22.3. The summed E-state index contributed by atoms with van der Waals surface area (Å²) in [7, 11) is 1.42. The first-order valence-electron chi connectivity index (χ1n) is 13.1. The van der Waals surface area contributed by atoms with Gasteiger partial charge >= 0.3 is 5.97 Å². The number of imide groups is 2. The molecular formula is C29H23BrCl2N2O9. The predicted octanol–water partition coefficient (Wildman–Crippen LogP) is 3.72. The number of likely N-dealkylation sites (tertiary alicyclic amines) is 1. The molecule has 1 saturated carbocycles. The van der Waals surface area contributed by atoms with E-state index in [1.54, 1.807) is 6.08 Å². The van der Waals surface area contributed by atoms with Crippen LogP contribution in [0.1, 0.15) is 34.7 Å². The largest absolute Gasteiger partial charge is 0.508 e. The van der Waals surface area contributed by atoms with E-state index in [0.29, 0.717) is 11.3 Å². The molecule has 0 unspecified atom stereocenters. The number of carbonyl (C=O) groups is 5. The molecule has 0 radical (unpaired) electrons. The van der Waals surface area contributed by atoms with E-state index in [1.807, 2.05) is 0 Å². The second-order valence-electron chi connectivity index (χ2n) is 10.9. The molecule has 2 aromatic rings. The van der Waals surface area contributed by atoms with Crippen LogP contribution < -0.4 is 9.64 Å². The summed E-state index contributed by atoms with van der Waals surface area (Å²) in [6.07, 6.45) is 1.53. The topological polar surface area (TPSA) is 162 Å². The highest BCUT2D eigenvalue weighted by Gasteiger charge is 2.76. The molecule has 6 atom stereocenters. The lowest BCUT2D eigenvalue weighted by atomic mass is 9.56. The molecule has 4 aliphatic rings. The SMILES string of the molecule is COc1ccc(O)c([C@H]2C3=CC[C@@H]4C(=O)N(c5ccc(C(=O)O)c(O)c5)C(=O)[C@@H]4[C@@H]3C[C@@]3(Cl)C(=O)N(CBr)C(=O)[C@@]23Cl)c1. The molecule has 2 aromatic carbocycles. The lowest BCUT2D eigenvalue weighted by Crippen LogP contribution is -2.60. The summed E-state index contributed by atoms with van der Waals surface area (Å²) in [5.74, 6) is -8.60. The number of phenols is 2. The number of hydrogen-bond acceptors (Lipinski definition) is 8. The zero-order valence-corrected chi connectivity index (χ0v) is 25.4. The van der Waals surface area contributed by atoms with Gasteiger partial charge in [0.2, 0.25) is 11.8 Å². The first-order valence-corrected chi connectivity index (χ1v) is 15.0. The first kappa shape index (κ1) is 29.5. The zero-order chi connectivity index (χ0) is 31.2. The Balaban J connectivity index is 1.51. The number of carboxylic acid groups (broad SMARTS) is 1. The minimum absolute atomic E-state index is 0.0175. The normalized spacial score (nSPS) is 31.5. The number of hydrogen-bond donors (Lipinski definition) is 3. The summed E-state index contributed by atoms with van der Waals surface area (Å²) in [5, 5.41) is 30.6. The number of amides is 4. The van der Waals surface area contributed by atoms with Crippen LogP contribution in [0.2, 0.25) is 0 Å². The van der Waals surface area contributed by atoms with Crippen LogP contribution in [-0.2, 0) is 19.2 Å². The molecule has 2 aliphatic carbocycles. The number of fused-ring (bicyclic) bond motifs is 4. The summed E-state index contributed by atoms with van der Waals surface area (Å²) in [4.78, 5) is 64.3. The van der Waals surface area contributed by atoms with Gasteiger partial charge in [0.1, 0.15) is 22.8 Å². The molecule has 6 rings (SSSR count). The van der Waals surface area contributed by atoms with E-state index in [0.717, 1.165) is 21.9 Å². The highest BCUT2D eigenvalue weighted by Crippen LogP contribution is 2.66. The number of carboxylic acids is 1. The Labute approximate surface area is 262 Å². The lowest BCUT2D eigenvalue weighted by molar-refractivity contribution is -0.138. The minimum atomic E-state index is -2.10. The number of rotatable bonds is 5. The van der Waals surface area contributed by atoms with Crippen LogP contribution >= 0.6 is 39.1 Å². The maximum Gasteiger partial charge on any atom is 0.339 e. The molecule has 11 nitrogen and oxygen atoms in total. The van der Waals surface area contributed by atoms with Crippen molar-refractivity contribution < 1.29 is 44.0 Å². The summed E-state index contributed by atoms with van der Waals surface area (Å²) in [6.45, 7) is 0. The number of ether oxygens (including phenoxy) is 1. The van der Waals surface area contributed by atoms with Crippen LogP contribution in [0.3, 0.4) is 0 Å². The van der Waals surface area contributed by atoms with Crippen LogP contribution in [0.4, 0.5) is 5.69 Å². The van der Waals surface area contributed by atoms with Gasteiger partial charge in [-0.1, -0.05) is 27.6 Å². The molecule has 14 heteroatoms. The fourth-order valence-electron chi connectivity index (χ4n) is 7.08. The molecule has 0 spiro atoms. The maximum absolute atomic E-state index is 14.1. The molecule has 4 amide bonds. The quantitative estimate of drug-likeness (QED) is 0.183. The van der Waals surface area contributed by atoms with Crippen molar-refractivity contribution in [2.75, 3.05) is 17.5 Å². The Morgan fingerprint density at radius 3 is 2.37 bits per heavy atom. The number of aromatic carboxylic acids is 1. The lowest BCUT2D eigenvalue weighted by Gasteiger charge is -2.50. The highest BCUT2D eigenvalue weighted by molar-refractivity contribution is 9.09. The fourth-order valence-corrected chi connectivity index (χ4v) is 8.50. The minimum Gasteiger partial charge on any atom is -0.508 e. The van der Waals surface area contributed by atoms with E-state index in [2.05, 4.69) is 15.9 Å². The van der Waals surface area contributed by atoms with Gasteiger partial charge in [0.15, 0.2) is 9.75 Å². The van der Waals surface area contributed by atoms with Gasteiger partial charge in [-0.05, 0) is 49.1 Å². The third kappa shape index (κ3) is 3.82. The van der Waals surface area contributed by atoms with Crippen LogP contribution in [0.5, 0.6) is 17.2 Å². The molecule has 0 bridgehead atoms. The molecule has 2 aliphatic heterocycles. The standard InChI is InChI=1S/C29H23BrCl2N2O9/c1-43-13-3-7-19(35)17(9-13)22-14-5-6-16-21(18(14)10-28(31)26(41)33(11-30)27(42)29(22,28)32)24(38)34(23(16)37)12-2-4-15(25(39)40)20(36)8-12/h2-5,7-9,16,18,21-22,35-36H,6,10-11H2,1H3,(H,39,40)/t16-,18+,21-,22+,28+,29-/m0/s1. The Hall–Kier alpha value is -3.61. The molecule has 224 valence electrons. The molecule has 43 heavy (non-hydrogen) atoms. The van der Waals surface area contributed by atoms with Crippen molar-refractivity contribution >= 4 is 74.4 Å². The van der Waals surface area contributed by atoms with Crippen molar-refractivity contribution in [1.29, 1.82) is 0 Å². The van der Waals surface area contributed by atoms with Gasteiger partial charge in [0.05, 0.1) is 30.1 Å². The van der Waals surface area contributed by atoms with Gasteiger partial charge in [0, 0.05) is 17.5 Å². The van der Waals surface area contributed by atoms with Crippen molar-refractivity contribution in [2.45, 2.75) is 28.5 Å². The average molecular weight is 694 g/mol. The number of allylic oxidation sites excluding steroid dienone is 2. The van der Waals surface area contributed by atoms with E-state index in [4.69, 9.17) is 27.9 Å². The van der Waals surface area contributed by atoms with Gasteiger partial charge in [-0.15, -0.1) is 23.2 Å². The first-order chi connectivity index (χ1) is 20.3. The Morgan fingerprint density at radius 2 is 1.74 bits per heavy atom. The maximum atomic E-state index is 14.1. The van der Waals surface area contributed by atoms with Crippen molar-refractivity contribution in [3.63, 3.8) is 0 Å². The number of alkyl halides is 3. The molecule has 2 saturated heterocycles. The number of halogens is 3. The van der Waals surface area contributed by atoms with Gasteiger partial charge in [-0.25, -0.2) is 9.69 Å². The Bertz CT molecular complexity index is 1680. The Morgan fingerprint density at radius 1 is 1.02 bits per heavy atom. The van der Waals surface area contributed by atoms with Gasteiger partial charge in [-0.2, -0.15) is 0 Å². The molecule has 3 N–H and O–H groups in total. The van der Waals surface area contributed by atoms with E-state index >= 15 is 0 Å². The monoisotopic (exact) mass is 692 g/mol. The van der Waals surface area contributed by atoms with Crippen molar-refractivity contribution in [2.24, 2.45) is 17.8 Å². The number of phenolic OH excluding ortho intramolecular Hbond substituents is 1. The number of carbonyl (C=O) groups excluding carboxylic acids is 4. The van der Waals surface area contributed by atoms with Gasteiger partial charge < -0.3 is 20.1 Å². The van der Waals surface area contributed by atoms with E-state index in [9.17, 15) is 39.3 Å². The average Bonchev–Trinajstić information content (AvgIpc) is 3.31. The number of aromatic hydroxyl groups is 2. The molecule has 2 heterocycles. The van der Waals surface area contributed by atoms with Crippen LogP contribution in [0.25, 0.3) is 0 Å². The Kier molecular flexibility index (Phi) is 6.83. The van der Waals surface area contributed by atoms with Crippen LogP contribution in [0, 0.1) is 17.8 Å². The third-order valence-electron chi connectivity index (χ3n) is 9.03. The third-order valence-corrected chi connectivity index (χ3v) is 10.9. The molecular weight excluding hydrogens is 671 g/mol. The van der Waals surface area contributed by atoms with Gasteiger partial charge in [0.25, 0.3) is 11.8 Å². The number of nitrogens with zero attached hydrogens (tertiary/aromatic N) is 2. The van der Waals surface area contributed by atoms with E-state index in [1.165, 1.54) is 31.4 Å². The fraction of sp³-hybridized carbons (Fsp3) is 0.345.